The van der Waals surface area contributed by atoms with Crippen molar-refractivity contribution in [1.29, 1.82) is 10.5 Å². The third-order valence-corrected chi connectivity index (χ3v) is 5.58. The molecule has 1 heterocycles. The minimum absolute atomic E-state index is 0.0536. The van der Waals surface area contributed by atoms with Crippen LogP contribution >= 0.6 is 11.6 Å². The summed E-state index contributed by atoms with van der Waals surface area (Å²) < 4.78 is 46.6. The fourth-order valence-corrected chi connectivity index (χ4v) is 3.85. The van der Waals surface area contributed by atoms with Crippen molar-refractivity contribution in [2.24, 2.45) is 0 Å². The molecule has 0 aliphatic carbocycles. The number of nitriles is 2. The van der Waals surface area contributed by atoms with E-state index >= 15 is 0 Å². The van der Waals surface area contributed by atoms with E-state index in [9.17, 15) is 13.2 Å². The maximum Gasteiger partial charge on any atom is 0.404 e. The molecule has 150 valence electrons. The summed E-state index contributed by atoms with van der Waals surface area (Å²) in [7, 11) is 0. The van der Waals surface area contributed by atoms with E-state index in [-0.39, 0.29) is 23.6 Å². The molecule has 4 nitrogen and oxygen atoms in total. The van der Waals surface area contributed by atoms with Crippen LogP contribution in [0.25, 0.3) is 0 Å². The van der Waals surface area contributed by atoms with Crippen LogP contribution in [-0.2, 0) is 0 Å². The highest BCUT2D eigenvalue weighted by Gasteiger charge is 2.51. The zero-order chi connectivity index (χ0) is 21.2. The van der Waals surface area contributed by atoms with Crippen LogP contribution in [0.5, 0.6) is 5.75 Å². The van der Waals surface area contributed by atoms with Crippen LogP contribution < -0.4 is 10.1 Å². The molecule has 1 aliphatic rings. The molecule has 1 N–H and O–H groups in total. The van der Waals surface area contributed by atoms with E-state index in [0.29, 0.717) is 22.4 Å². The fourth-order valence-electron chi connectivity index (χ4n) is 3.64. The number of ether oxygens (including phenoxy) is 1. The van der Waals surface area contributed by atoms with E-state index in [1.165, 1.54) is 6.07 Å². The van der Waals surface area contributed by atoms with Crippen molar-refractivity contribution in [2.75, 3.05) is 6.61 Å². The van der Waals surface area contributed by atoms with Crippen molar-refractivity contribution in [3.63, 3.8) is 0 Å². The average Bonchev–Trinajstić information content (AvgIpc) is 3.13. The van der Waals surface area contributed by atoms with E-state index < -0.39 is 24.2 Å². The van der Waals surface area contributed by atoms with Crippen LogP contribution in [0, 0.1) is 29.6 Å². The zero-order valence-corrected chi connectivity index (χ0v) is 16.2. The standard InChI is InChI=1S/C21H17ClF3N3O/c1-12-17(7-4-14(10-27)19(12)22)18-8-15(28-20(18)21(23,24)25)11-29-16-5-2-13(9-26)3-6-16/h2-7,15,18,20,28H,8,11H2,1H3/t15-,18?,20-/m0/s1. The number of benzene rings is 2. The minimum Gasteiger partial charge on any atom is -0.492 e. The van der Waals surface area contributed by atoms with Gasteiger partial charge in [-0.3, -0.25) is 5.32 Å². The second-order valence-corrected chi connectivity index (χ2v) is 7.30. The molecule has 3 rings (SSSR count). The van der Waals surface area contributed by atoms with E-state index in [4.69, 9.17) is 26.9 Å². The number of halogens is 4. The van der Waals surface area contributed by atoms with E-state index in [1.54, 1.807) is 37.3 Å². The third kappa shape index (κ3) is 4.48. The fraction of sp³-hybridized carbons (Fsp3) is 0.333. The van der Waals surface area contributed by atoms with Crippen LogP contribution in [0.15, 0.2) is 36.4 Å². The Labute approximate surface area is 171 Å². The first-order valence-electron chi connectivity index (χ1n) is 8.89. The highest BCUT2D eigenvalue weighted by atomic mass is 35.5. The Balaban J connectivity index is 1.79. The Morgan fingerprint density at radius 1 is 1.14 bits per heavy atom. The van der Waals surface area contributed by atoms with Crippen LogP contribution in [0.3, 0.4) is 0 Å². The van der Waals surface area contributed by atoms with Gasteiger partial charge in [0.15, 0.2) is 0 Å². The quantitative estimate of drug-likeness (QED) is 0.769. The lowest BCUT2D eigenvalue weighted by Gasteiger charge is -2.24. The van der Waals surface area contributed by atoms with E-state index in [2.05, 4.69) is 5.32 Å². The van der Waals surface area contributed by atoms with Gasteiger partial charge in [-0.25, -0.2) is 0 Å². The van der Waals surface area contributed by atoms with Gasteiger partial charge in [-0.15, -0.1) is 0 Å². The van der Waals surface area contributed by atoms with Gasteiger partial charge in [-0.05, 0) is 54.8 Å². The molecular weight excluding hydrogens is 403 g/mol. The number of rotatable bonds is 4. The second kappa shape index (κ2) is 8.32. The molecule has 0 spiro atoms. The minimum atomic E-state index is -4.44. The second-order valence-electron chi connectivity index (χ2n) is 6.93. The summed E-state index contributed by atoms with van der Waals surface area (Å²) in [5.74, 6) is -0.356. The van der Waals surface area contributed by atoms with Gasteiger partial charge in [0, 0.05) is 12.0 Å². The predicted octanol–water partition coefficient (Wildman–Crippen LogP) is 4.85. The third-order valence-electron chi connectivity index (χ3n) is 5.09. The molecule has 1 aliphatic heterocycles. The Morgan fingerprint density at radius 2 is 1.83 bits per heavy atom. The molecule has 0 aromatic heterocycles. The summed E-state index contributed by atoms with van der Waals surface area (Å²) in [5, 5.41) is 20.7. The highest BCUT2D eigenvalue weighted by Crippen LogP contribution is 2.42. The molecule has 3 atom stereocenters. The summed E-state index contributed by atoms with van der Waals surface area (Å²) in [4.78, 5) is 0. The summed E-state index contributed by atoms with van der Waals surface area (Å²) in [6, 6.07) is 11.1. The van der Waals surface area contributed by atoms with Crippen molar-refractivity contribution >= 4 is 11.6 Å². The monoisotopic (exact) mass is 419 g/mol. The summed E-state index contributed by atoms with van der Waals surface area (Å²) >= 11 is 6.17. The maximum atomic E-state index is 13.7. The summed E-state index contributed by atoms with van der Waals surface area (Å²) in [6.45, 7) is 1.69. The van der Waals surface area contributed by atoms with Crippen LogP contribution in [0.4, 0.5) is 13.2 Å². The van der Waals surface area contributed by atoms with Gasteiger partial charge >= 0.3 is 6.18 Å². The van der Waals surface area contributed by atoms with Gasteiger partial charge in [0.05, 0.1) is 22.2 Å². The molecule has 8 heteroatoms. The number of nitrogens with one attached hydrogen (secondary N) is 1. The highest BCUT2D eigenvalue weighted by molar-refractivity contribution is 6.32. The van der Waals surface area contributed by atoms with Gasteiger partial charge in [-0.2, -0.15) is 23.7 Å². The largest absolute Gasteiger partial charge is 0.492 e. The predicted molar refractivity (Wildman–Crippen MR) is 102 cm³/mol. The van der Waals surface area contributed by atoms with Crippen molar-refractivity contribution < 1.29 is 17.9 Å². The molecular formula is C21H17ClF3N3O. The zero-order valence-electron chi connectivity index (χ0n) is 15.4. The molecule has 2 aromatic carbocycles. The molecule has 0 bridgehead atoms. The van der Waals surface area contributed by atoms with E-state index in [1.807, 2.05) is 12.1 Å². The number of nitrogens with zero attached hydrogens (tertiary/aromatic N) is 2. The normalized spacial score (nSPS) is 21.4. The van der Waals surface area contributed by atoms with Crippen LogP contribution in [0.2, 0.25) is 5.02 Å². The molecule has 0 saturated carbocycles. The van der Waals surface area contributed by atoms with Gasteiger partial charge in [0.1, 0.15) is 24.5 Å². The average molecular weight is 420 g/mol. The summed E-state index contributed by atoms with van der Waals surface area (Å²) in [6.07, 6.45) is -4.23. The molecule has 1 fully saturated rings. The number of hydrogen-bond donors (Lipinski definition) is 1. The van der Waals surface area contributed by atoms with Crippen LogP contribution in [0.1, 0.15) is 34.6 Å². The molecule has 29 heavy (non-hydrogen) atoms. The topological polar surface area (TPSA) is 68.8 Å². The summed E-state index contributed by atoms with van der Waals surface area (Å²) in [5.41, 5.74) is 1.68. The first-order chi connectivity index (χ1) is 13.7. The molecule has 1 unspecified atom stereocenters. The molecule has 0 amide bonds. The number of alkyl halides is 3. The number of hydrogen-bond acceptors (Lipinski definition) is 4. The van der Waals surface area contributed by atoms with Crippen molar-refractivity contribution in [3.05, 3.63) is 63.7 Å². The maximum absolute atomic E-state index is 13.7. The first kappa shape index (κ1) is 21.0. The Morgan fingerprint density at radius 3 is 2.41 bits per heavy atom. The Kier molecular flexibility index (Phi) is 6.02. The van der Waals surface area contributed by atoms with Gasteiger partial charge in [0.2, 0.25) is 0 Å². The van der Waals surface area contributed by atoms with Crippen molar-refractivity contribution in [2.45, 2.75) is 37.5 Å². The van der Waals surface area contributed by atoms with Crippen molar-refractivity contribution in [1.82, 2.24) is 5.32 Å². The molecule has 1 saturated heterocycles. The van der Waals surface area contributed by atoms with Gasteiger partial charge < -0.3 is 4.74 Å². The van der Waals surface area contributed by atoms with Crippen molar-refractivity contribution in [3.8, 4) is 17.9 Å². The lowest BCUT2D eigenvalue weighted by molar-refractivity contribution is -0.156. The van der Waals surface area contributed by atoms with Gasteiger partial charge in [-0.1, -0.05) is 17.7 Å². The Hall–Kier alpha value is -2.74. The van der Waals surface area contributed by atoms with Gasteiger partial charge in [0.25, 0.3) is 0 Å². The SMILES string of the molecule is Cc1c(C2C[C@@H](COc3ccc(C#N)cc3)N[C@@H]2C(F)(F)F)ccc(C#N)c1Cl. The molecule has 2 aromatic rings. The first-order valence-corrected chi connectivity index (χ1v) is 9.27. The Bertz CT molecular complexity index is 977. The smallest absolute Gasteiger partial charge is 0.404 e. The van der Waals surface area contributed by atoms with Crippen LogP contribution in [-0.4, -0.2) is 24.9 Å². The lowest BCUT2D eigenvalue weighted by Crippen LogP contribution is -2.44. The lowest BCUT2D eigenvalue weighted by atomic mass is 9.87. The molecule has 0 radical (unpaired) electrons. The van der Waals surface area contributed by atoms with E-state index in [0.717, 1.165) is 0 Å².